The summed E-state index contributed by atoms with van der Waals surface area (Å²) in [6.45, 7) is 0.682. The Kier molecular flexibility index (Phi) is 4.31. The first-order valence-corrected chi connectivity index (χ1v) is 10.9. The van der Waals surface area contributed by atoms with Crippen molar-refractivity contribution in [2.75, 3.05) is 20.6 Å². The van der Waals surface area contributed by atoms with Crippen LogP contribution in [0.2, 0.25) is 0 Å². The van der Waals surface area contributed by atoms with Crippen LogP contribution in [0.3, 0.4) is 0 Å². The molecule has 4 aliphatic rings. The number of likely N-dealkylation sites (N-methyl/N-ethyl adjacent to an activating group) is 1. The Morgan fingerprint density at radius 3 is 2.36 bits per heavy atom. The predicted octanol–water partition coefficient (Wildman–Crippen LogP) is 4.11. The Morgan fingerprint density at radius 2 is 1.75 bits per heavy atom. The molecule has 2 aromatic rings. The van der Waals surface area contributed by atoms with Gasteiger partial charge in [-0.25, -0.2) is 0 Å². The quantitative estimate of drug-likeness (QED) is 0.849. The number of nitrogens with zero attached hydrogens (tertiary/aromatic N) is 2. The Bertz CT molecular complexity index is 861. The summed E-state index contributed by atoms with van der Waals surface area (Å²) in [7, 11) is 6.33. The van der Waals surface area contributed by atoms with Crippen LogP contribution in [-0.4, -0.2) is 36.0 Å². The van der Waals surface area contributed by atoms with Crippen LogP contribution in [0.4, 0.5) is 0 Å². The van der Waals surface area contributed by atoms with E-state index in [-0.39, 0.29) is 11.5 Å². The summed E-state index contributed by atoms with van der Waals surface area (Å²) >= 11 is 0. The molecule has 28 heavy (non-hydrogen) atoms. The van der Waals surface area contributed by atoms with Crippen molar-refractivity contribution in [2.24, 2.45) is 30.2 Å². The van der Waals surface area contributed by atoms with E-state index in [1.807, 2.05) is 0 Å². The molecule has 1 N–H and O–H groups in total. The van der Waals surface area contributed by atoms with Gasteiger partial charge in [0.2, 0.25) is 5.91 Å². The SMILES string of the molecule is CN(C)C(CNC(=O)C12CC3CC(CC(C3)C1)C2)c1cn(C)c2ccccc12. The largest absolute Gasteiger partial charge is 0.354 e. The van der Waals surface area contributed by atoms with Gasteiger partial charge in [0.1, 0.15) is 0 Å². The molecule has 1 amide bonds. The average Bonchev–Trinajstić information content (AvgIpc) is 2.97. The highest BCUT2D eigenvalue weighted by molar-refractivity contribution is 5.85. The molecule has 150 valence electrons. The van der Waals surface area contributed by atoms with E-state index in [2.05, 4.69) is 66.4 Å². The van der Waals surface area contributed by atoms with Gasteiger partial charge in [-0.05, 0) is 82.0 Å². The Hall–Kier alpha value is -1.81. The third kappa shape index (κ3) is 2.88. The molecule has 0 spiro atoms. The highest BCUT2D eigenvalue weighted by Gasteiger charge is 2.54. The number of benzene rings is 1. The Balaban J connectivity index is 1.36. The van der Waals surface area contributed by atoms with Gasteiger partial charge in [0, 0.05) is 36.1 Å². The Labute approximate surface area is 168 Å². The average molecular weight is 380 g/mol. The zero-order chi connectivity index (χ0) is 19.5. The van der Waals surface area contributed by atoms with Gasteiger partial charge >= 0.3 is 0 Å². The summed E-state index contributed by atoms with van der Waals surface area (Å²) in [5.74, 6) is 2.75. The molecule has 0 saturated heterocycles. The summed E-state index contributed by atoms with van der Waals surface area (Å²) < 4.78 is 2.20. The van der Waals surface area contributed by atoms with Gasteiger partial charge in [0.15, 0.2) is 0 Å². The second-order valence-corrected chi connectivity index (χ2v) is 10.1. The molecule has 4 fully saturated rings. The van der Waals surface area contributed by atoms with E-state index in [9.17, 15) is 4.79 Å². The molecule has 4 saturated carbocycles. The molecular weight excluding hydrogens is 346 g/mol. The Morgan fingerprint density at radius 1 is 1.14 bits per heavy atom. The lowest BCUT2D eigenvalue weighted by molar-refractivity contribution is -0.146. The molecule has 4 heteroatoms. The van der Waals surface area contributed by atoms with E-state index < -0.39 is 0 Å². The number of nitrogens with one attached hydrogen (secondary N) is 1. The summed E-state index contributed by atoms with van der Waals surface area (Å²) in [6, 6.07) is 8.74. The topological polar surface area (TPSA) is 37.3 Å². The van der Waals surface area contributed by atoms with E-state index in [4.69, 9.17) is 0 Å². The molecule has 1 heterocycles. The number of carbonyl (C=O) groups is 1. The minimum absolute atomic E-state index is 0.0651. The van der Waals surface area contributed by atoms with Gasteiger partial charge in [-0.2, -0.15) is 0 Å². The fourth-order valence-electron chi connectivity index (χ4n) is 6.97. The number of carbonyl (C=O) groups excluding carboxylic acids is 1. The van der Waals surface area contributed by atoms with Crippen molar-refractivity contribution in [3.8, 4) is 0 Å². The maximum atomic E-state index is 13.4. The van der Waals surface area contributed by atoms with Crippen LogP contribution < -0.4 is 5.32 Å². The van der Waals surface area contributed by atoms with Crippen molar-refractivity contribution in [3.05, 3.63) is 36.0 Å². The third-order valence-corrected chi connectivity index (χ3v) is 7.89. The first-order valence-electron chi connectivity index (χ1n) is 10.9. The number of hydrogen-bond donors (Lipinski definition) is 1. The van der Waals surface area contributed by atoms with E-state index >= 15 is 0 Å². The zero-order valence-electron chi connectivity index (χ0n) is 17.4. The van der Waals surface area contributed by atoms with Crippen LogP contribution in [0.25, 0.3) is 10.9 Å². The second kappa shape index (κ2) is 6.62. The van der Waals surface area contributed by atoms with Gasteiger partial charge < -0.3 is 14.8 Å². The lowest BCUT2D eigenvalue weighted by Crippen LogP contribution is -2.54. The first kappa shape index (κ1) is 18.2. The van der Waals surface area contributed by atoms with Crippen LogP contribution in [0, 0.1) is 23.2 Å². The fourth-order valence-corrected chi connectivity index (χ4v) is 6.97. The van der Waals surface area contributed by atoms with Crippen LogP contribution in [-0.2, 0) is 11.8 Å². The summed E-state index contributed by atoms with van der Waals surface area (Å²) in [5.41, 5.74) is 2.48. The lowest BCUT2D eigenvalue weighted by atomic mass is 9.49. The van der Waals surface area contributed by atoms with E-state index in [0.29, 0.717) is 12.5 Å². The third-order valence-electron chi connectivity index (χ3n) is 7.89. The molecule has 1 aromatic heterocycles. The number of rotatable bonds is 5. The van der Waals surface area contributed by atoms with Crippen LogP contribution in [0.15, 0.2) is 30.5 Å². The van der Waals surface area contributed by atoms with Gasteiger partial charge in [-0.1, -0.05) is 18.2 Å². The number of amides is 1. The van der Waals surface area contributed by atoms with Gasteiger partial charge in [-0.3, -0.25) is 4.79 Å². The molecule has 1 unspecified atom stereocenters. The molecule has 0 aliphatic heterocycles. The monoisotopic (exact) mass is 379 g/mol. The smallest absolute Gasteiger partial charge is 0.226 e. The standard InChI is InChI=1S/C24H33N3O/c1-26(2)22(20-15-27(3)21-7-5-4-6-19(20)21)14-25-23(28)24-11-16-8-17(12-24)10-18(9-16)13-24/h4-7,15-18,22H,8-14H2,1-3H3,(H,25,28). The maximum absolute atomic E-state index is 13.4. The van der Waals surface area contributed by atoms with Crippen molar-refractivity contribution < 1.29 is 4.79 Å². The zero-order valence-corrected chi connectivity index (χ0v) is 17.4. The first-order chi connectivity index (χ1) is 13.4. The molecule has 6 rings (SSSR count). The maximum Gasteiger partial charge on any atom is 0.226 e. The van der Waals surface area contributed by atoms with E-state index in [1.54, 1.807) is 0 Å². The van der Waals surface area contributed by atoms with Crippen molar-refractivity contribution >= 4 is 16.8 Å². The van der Waals surface area contributed by atoms with Crippen LogP contribution in [0.1, 0.15) is 50.1 Å². The highest BCUT2D eigenvalue weighted by atomic mass is 16.2. The normalized spacial score (nSPS) is 32.2. The lowest BCUT2D eigenvalue weighted by Gasteiger charge is -2.55. The van der Waals surface area contributed by atoms with E-state index in [0.717, 1.165) is 37.0 Å². The van der Waals surface area contributed by atoms with Crippen molar-refractivity contribution in [2.45, 2.75) is 44.6 Å². The van der Waals surface area contributed by atoms with Gasteiger partial charge in [0.25, 0.3) is 0 Å². The number of para-hydroxylation sites is 1. The molecule has 1 atom stereocenters. The van der Waals surface area contributed by atoms with Gasteiger partial charge in [0.05, 0.1) is 6.04 Å². The van der Waals surface area contributed by atoms with Crippen LogP contribution in [0.5, 0.6) is 0 Å². The van der Waals surface area contributed by atoms with Crippen molar-refractivity contribution in [3.63, 3.8) is 0 Å². The molecular formula is C24H33N3O. The second-order valence-electron chi connectivity index (χ2n) is 10.1. The van der Waals surface area contributed by atoms with Crippen molar-refractivity contribution in [1.29, 1.82) is 0 Å². The van der Waals surface area contributed by atoms with Gasteiger partial charge in [-0.15, -0.1) is 0 Å². The predicted molar refractivity (Wildman–Crippen MR) is 113 cm³/mol. The number of aryl methyl sites for hydroxylation is 1. The molecule has 1 aromatic carbocycles. The highest BCUT2D eigenvalue weighted by Crippen LogP contribution is 2.60. The molecule has 4 nitrogen and oxygen atoms in total. The van der Waals surface area contributed by atoms with Crippen molar-refractivity contribution in [1.82, 2.24) is 14.8 Å². The summed E-state index contributed by atoms with van der Waals surface area (Å²) in [4.78, 5) is 15.6. The number of fused-ring (bicyclic) bond motifs is 1. The summed E-state index contributed by atoms with van der Waals surface area (Å²) in [6.07, 6.45) is 9.75. The minimum Gasteiger partial charge on any atom is -0.354 e. The summed E-state index contributed by atoms with van der Waals surface area (Å²) in [5, 5.41) is 4.69. The fraction of sp³-hybridized carbons (Fsp3) is 0.625. The molecule has 4 aliphatic carbocycles. The molecule has 4 bridgehead atoms. The number of hydrogen-bond acceptors (Lipinski definition) is 2. The number of aromatic nitrogens is 1. The molecule has 0 radical (unpaired) electrons. The minimum atomic E-state index is -0.0651. The van der Waals surface area contributed by atoms with E-state index in [1.165, 1.54) is 35.7 Å². The van der Waals surface area contributed by atoms with Crippen LogP contribution >= 0.6 is 0 Å².